The Hall–Kier alpha value is -2.74. The van der Waals surface area contributed by atoms with Crippen LogP contribution in [0.1, 0.15) is 5.56 Å². The molecular weight excluding hydrogens is 336 g/mol. The largest absolute Gasteiger partial charge is 0.490 e. The molecule has 8 heteroatoms. The summed E-state index contributed by atoms with van der Waals surface area (Å²) in [6.07, 6.45) is 5.36. The second-order valence-electron chi connectivity index (χ2n) is 5.82. The predicted octanol–water partition coefficient (Wildman–Crippen LogP) is 2.71. The number of rotatable bonds is 2. The summed E-state index contributed by atoms with van der Waals surface area (Å²) in [6.45, 7) is 2.45. The molecule has 0 unspecified atom stereocenters. The van der Waals surface area contributed by atoms with E-state index in [4.69, 9.17) is 4.74 Å². The minimum atomic E-state index is 0.687. The van der Waals surface area contributed by atoms with Crippen LogP contribution >= 0.6 is 11.8 Å². The van der Waals surface area contributed by atoms with Gasteiger partial charge in [0.1, 0.15) is 24.2 Å². The normalized spacial score (nSPS) is 16.8. The van der Waals surface area contributed by atoms with Gasteiger partial charge in [-0.1, -0.05) is 6.07 Å². The third-order valence-corrected chi connectivity index (χ3v) is 5.32. The number of nitrogens with one attached hydrogen (secondary N) is 2. The number of aromatic amines is 1. The average Bonchev–Trinajstić information content (AvgIpc) is 3.16. The lowest BCUT2D eigenvalue weighted by molar-refractivity contribution is 0.323. The van der Waals surface area contributed by atoms with Gasteiger partial charge < -0.3 is 19.9 Å². The molecule has 7 nitrogen and oxygen atoms in total. The Kier molecular flexibility index (Phi) is 3.48. The summed E-state index contributed by atoms with van der Waals surface area (Å²) < 4.78 is 5.77. The van der Waals surface area contributed by atoms with Crippen molar-refractivity contribution in [1.29, 1.82) is 0 Å². The van der Waals surface area contributed by atoms with E-state index in [9.17, 15) is 0 Å². The van der Waals surface area contributed by atoms with Gasteiger partial charge in [-0.2, -0.15) is 0 Å². The van der Waals surface area contributed by atoms with E-state index < -0.39 is 0 Å². The first-order valence-electron chi connectivity index (χ1n) is 8.15. The molecule has 0 saturated carbocycles. The minimum Gasteiger partial charge on any atom is -0.490 e. The maximum absolute atomic E-state index is 5.77. The number of benzene rings is 1. The third kappa shape index (κ3) is 2.58. The van der Waals surface area contributed by atoms with E-state index >= 15 is 0 Å². The Morgan fingerprint density at radius 3 is 3.20 bits per heavy atom. The van der Waals surface area contributed by atoms with Crippen LogP contribution in [-0.4, -0.2) is 45.4 Å². The molecule has 0 atom stereocenters. The summed E-state index contributed by atoms with van der Waals surface area (Å²) in [6, 6.07) is 6.33. The zero-order valence-corrected chi connectivity index (χ0v) is 14.2. The van der Waals surface area contributed by atoms with Crippen LogP contribution in [0.3, 0.4) is 0 Å². The van der Waals surface area contributed by atoms with Gasteiger partial charge in [-0.25, -0.2) is 15.0 Å². The van der Waals surface area contributed by atoms with Crippen molar-refractivity contribution in [2.45, 2.75) is 0 Å². The van der Waals surface area contributed by atoms with Gasteiger partial charge in [-0.15, -0.1) is 11.8 Å². The molecule has 126 valence electrons. The van der Waals surface area contributed by atoms with Crippen LogP contribution in [0.4, 0.5) is 11.5 Å². The fourth-order valence-electron chi connectivity index (χ4n) is 3.08. The highest BCUT2D eigenvalue weighted by molar-refractivity contribution is 8.08. The SMILES string of the molecule is C1=C(c2ccc3c(c2)OCCN3)SCCN1c1ncnc2nc[nH]c12. The Morgan fingerprint density at radius 1 is 1.20 bits per heavy atom. The fourth-order valence-corrected chi connectivity index (χ4v) is 4.08. The first kappa shape index (κ1) is 14.6. The second kappa shape index (κ2) is 5.96. The topological polar surface area (TPSA) is 79.0 Å². The van der Waals surface area contributed by atoms with Crippen molar-refractivity contribution in [2.24, 2.45) is 0 Å². The number of aromatic nitrogens is 4. The van der Waals surface area contributed by atoms with Crippen LogP contribution in [-0.2, 0) is 0 Å². The smallest absolute Gasteiger partial charge is 0.182 e. The Balaban J connectivity index is 1.53. The van der Waals surface area contributed by atoms with Gasteiger partial charge in [0.2, 0.25) is 0 Å². The Morgan fingerprint density at radius 2 is 2.20 bits per heavy atom. The second-order valence-corrected chi connectivity index (χ2v) is 6.96. The zero-order chi connectivity index (χ0) is 16.6. The summed E-state index contributed by atoms with van der Waals surface area (Å²) in [5.41, 5.74) is 3.77. The molecule has 2 N–H and O–H groups in total. The molecule has 0 saturated heterocycles. The number of nitrogens with zero attached hydrogens (tertiary/aromatic N) is 4. The van der Waals surface area contributed by atoms with Crippen LogP contribution in [0, 0.1) is 0 Å². The maximum atomic E-state index is 5.77. The van der Waals surface area contributed by atoms with E-state index in [2.05, 4.69) is 54.6 Å². The number of thioether (sulfide) groups is 1. The summed E-state index contributed by atoms with van der Waals surface area (Å²) in [5, 5.41) is 3.35. The lowest BCUT2D eigenvalue weighted by Gasteiger charge is -2.26. The molecule has 5 rings (SSSR count). The van der Waals surface area contributed by atoms with Crippen LogP contribution in [0.15, 0.2) is 37.1 Å². The number of anilines is 2. The summed E-state index contributed by atoms with van der Waals surface area (Å²) in [4.78, 5) is 19.4. The highest BCUT2D eigenvalue weighted by atomic mass is 32.2. The van der Waals surface area contributed by atoms with Crippen molar-refractivity contribution in [1.82, 2.24) is 19.9 Å². The summed E-state index contributed by atoms with van der Waals surface area (Å²) in [7, 11) is 0. The zero-order valence-electron chi connectivity index (χ0n) is 13.4. The van der Waals surface area contributed by atoms with E-state index in [1.165, 1.54) is 4.91 Å². The Labute approximate surface area is 148 Å². The first-order valence-corrected chi connectivity index (χ1v) is 9.13. The molecule has 0 bridgehead atoms. The molecule has 2 aliphatic heterocycles. The van der Waals surface area contributed by atoms with Crippen molar-refractivity contribution in [3.05, 3.63) is 42.6 Å². The van der Waals surface area contributed by atoms with E-state index in [0.717, 1.165) is 47.2 Å². The van der Waals surface area contributed by atoms with E-state index in [1.54, 1.807) is 12.7 Å². The third-order valence-electron chi connectivity index (χ3n) is 4.28. The average molecular weight is 352 g/mol. The molecule has 0 fully saturated rings. The number of imidazole rings is 1. The van der Waals surface area contributed by atoms with Crippen molar-refractivity contribution < 1.29 is 4.74 Å². The minimum absolute atomic E-state index is 0.687. The van der Waals surface area contributed by atoms with Crippen molar-refractivity contribution >= 4 is 39.3 Å². The highest BCUT2D eigenvalue weighted by Gasteiger charge is 2.19. The molecular formula is C17H16N6OS. The molecule has 2 aliphatic rings. The molecule has 25 heavy (non-hydrogen) atoms. The highest BCUT2D eigenvalue weighted by Crippen LogP contribution is 2.37. The number of hydrogen-bond acceptors (Lipinski definition) is 7. The molecule has 0 amide bonds. The molecule has 4 heterocycles. The lowest BCUT2D eigenvalue weighted by atomic mass is 10.1. The quantitative estimate of drug-likeness (QED) is 0.734. The molecule has 3 aromatic rings. The van der Waals surface area contributed by atoms with Crippen LogP contribution in [0.2, 0.25) is 0 Å². The van der Waals surface area contributed by atoms with Crippen LogP contribution < -0.4 is 15.0 Å². The van der Waals surface area contributed by atoms with Gasteiger partial charge in [0.05, 0.1) is 12.0 Å². The van der Waals surface area contributed by atoms with E-state index in [-0.39, 0.29) is 0 Å². The van der Waals surface area contributed by atoms with Gasteiger partial charge in [0, 0.05) is 29.9 Å². The monoisotopic (exact) mass is 352 g/mol. The van der Waals surface area contributed by atoms with Crippen molar-refractivity contribution in [3.8, 4) is 5.75 Å². The van der Waals surface area contributed by atoms with Gasteiger partial charge >= 0.3 is 0 Å². The van der Waals surface area contributed by atoms with Crippen LogP contribution in [0.5, 0.6) is 5.75 Å². The van der Waals surface area contributed by atoms with E-state index in [1.807, 2.05) is 11.8 Å². The predicted molar refractivity (Wildman–Crippen MR) is 99.9 cm³/mol. The number of hydrogen-bond donors (Lipinski definition) is 2. The van der Waals surface area contributed by atoms with Gasteiger partial charge in [-0.05, 0) is 17.7 Å². The van der Waals surface area contributed by atoms with Gasteiger partial charge in [-0.3, -0.25) is 0 Å². The molecule has 0 radical (unpaired) electrons. The van der Waals surface area contributed by atoms with E-state index in [0.29, 0.717) is 12.3 Å². The fraction of sp³-hybridized carbons (Fsp3) is 0.235. The lowest BCUT2D eigenvalue weighted by Crippen LogP contribution is -2.24. The molecule has 2 aromatic heterocycles. The number of H-pyrrole nitrogens is 1. The first-order chi connectivity index (χ1) is 12.4. The van der Waals surface area contributed by atoms with Crippen molar-refractivity contribution in [2.75, 3.05) is 35.7 Å². The molecule has 0 spiro atoms. The van der Waals surface area contributed by atoms with Crippen LogP contribution in [0.25, 0.3) is 16.1 Å². The number of fused-ring (bicyclic) bond motifs is 2. The summed E-state index contributed by atoms with van der Waals surface area (Å²) in [5.74, 6) is 2.76. The molecule has 0 aliphatic carbocycles. The van der Waals surface area contributed by atoms with Gasteiger partial charge in [0.15, 0.2) is 11.5 Å². The Bertz CT molecular complexity index is 969. The number of ether oxygens (including phenoxy) is 1. The summed E-state index contributed by atoms with van der Waals surface area (Å²) >= 11 is 1.85. The standard InChI is InChI=1S/C17H16N6OS/c1-2-12-13(24-5-3-18-12)7-11(1)14-8-23(4-6-25-14)17-15-16(20-9-19-15)21-10-22-17/h1-2,7-10,18H,3-6H2,(H,19,20,21,22). The van der Waals surface area contributed by atoms with Gasteiger partial charge in [0.25, 0.3) is 0 Å². The maximum Gasteiger partial charge on any atom is 0.182 e. The van der Waals surface area contributed by atoms with Crippen molar-refractivity contribution in [3.63, 3.8) is 0 Å². The molecule has 1 aromatic carbocycles.